The van der Waals surface area contributed by atoms with Crippen LogP contribution in [0.15, 0.2) is 60.7 Å². The predicted molar refractivity (Wildman–Crippen MR) is 126 cm³/mol. The molecule has 1 aromatic heterocycles. The van der Waals surface area contributed by atoms with Crippen molar-refractivity contribution in [1.29, 1.82) is 0 Å². The molecule has 0 saturated heterocycles. The van der Waals surface area contributed by atoms with Gasteiger partial charge in [-0.1, -0.05) is 42.0 Å². The Morgan fingerprint density at radius 1 is 1.09 bits per heavy atom. The Balaban J connectivity index is 1.67. The number of hydrogen-bond donors (Lipinski definition) is 1. The summed E-state index contributed by atoms with van der Waals surface area (Å²) in [6.07, 6.45) is -1.72. The average molecular weight is 468 g/mol. The van der Waals surface area contributed by atoms with E-state index in [1.54, 1.807) is 12.1 Å². The van der Waals surface area contributed by atoms with E-state index in [0.717, 1.165) is 49.9 Å². The molecule has 1 aliphatic rings. The van der Waals surface area contributed by atoms with Crippen molar-refractivity contribution in [3.8, 4) is 11.3 Å². The van der Waals surface area contributed by atoms with Crippen molar-refractivity contribution >= 4 is 56.6 Å². The van der Waals surface area contributed by atoms with Crippen LogP contribution >= 0.6 is 11.6 Å². The Morgan fingerprint density at radius 2 is 1.88 bits per heavy atom. The van der Waals surface area contributed by atoms with Crippen LogP contribution in [0.1, 0.15) is 5.56 Å². The average Bonchev–Trinajstić information content (AvgIpc) is 2.79. The summed E-state index contributed by atoms with van der Waals surface area (Å²) in [4.78, 5) is 18.1. The molecule has 3 aromatic carbocycles. The van der Waals surface area contributed by atoms with Crippen LogP contribution in [0.4, 0.5) is 24.5 Å². The van der Waals surface area contributed by atoms with Crippen LogP contribution in [0, 0.1) is 0 Å². The van der Waals surface area contributed by atoms with Crippen molar-refractivity contribution in [2.24, 2.45) is 0 Å². The van der Waals surface area contributed by atoms with Crippen molar-refractivity contribution in [3.63, 3.8) is 0 Å². The van der Waals surface area contributed by atoms with E-state index < -0.39 is 12.1 Å². The molecule has 1 amide bonds. The number of amides is 1. The minimum Gasteiger partial charge on any atom is -0.345 e. The monoisotopic (exact) mass is 467 g/mol. The van der Waals surface area contributed by atoms with Gasteiger partial charge in [0.2, 0.25) is 0 Å². The van der Waals surface area contributed by atoms with Crippen LogP contribution in [-0.4, -0.2) is 30.7 Å². The number of hydrogen-bond acceptors (Lipinski definition) is 3. The van der Waals surface area contributed by atoms with E-state index >= 15 is 0 Å². The van der Waals surface area contributed by atoms with Crippen LogP contribution in [-0.2, 0) is 4.79 Å². The van der Waals surface area contributed by atoms with Gasteiger partial charge in [0, 0.05) is 35.0 Å². The lowest BCUT2D eigenvalue weighted by Gasteiger charge is -2.30. The van der Waals surface area contributed by atoms with Crippen LogP contribution in [0.2, 0.25) is 5.02 Å². The Bertz CT molecular complexity index is 1460. The van der Waals surface area contributed by atoms with Gasteiger partial charge >= 0.3 is 12.1 Å². The fraction of sp³-hybridized carbons (Fsp3) is 0.120. The highest BCUT2D eigenvalue weighted by atomic mass is 35.5. The van der Waals surface area contributed by atoms with E-state index in [0.29, 0.717) is 5.02 Å². The van der Waals surface area contributed by atoms with Gasteiger partial charge < -0.3 is 10.2 Å². The smallest absolute Gasteiger partial charge is 0.345 e. The zero-order valence-electron chi connectivity index (χ0n) is 17.4. The van der Waals surface area contributed by atoms with Crippen molar-refractivity contribution in [2.75, 3.05) is 18.5 Å². The molecule has 4 nitrogen and oxygen atoms in total. The first-order valence-corrected chi connectivity index (χ1v) is 10.5. The summed E-state index contributed by atoms with van der Waals surface area (Å²) in [6, 6.07) is 17.5. The minimum absolute atomic E-state index is 0.238. The van der Waals surface area contributed by atoms with Gasteiger partial charge in [-0.25, -0.2) is 4.98 Å². The van der Waals surface area contributed by atoms with Gasteiger partial charge in [-0.3, -0.25) is 4.79 Å². The number of benzene rings is 3. The highest BCUT2D eigenvalue weighted by Gasteiger charge is 2.38. The van der Waals surface area contributed by atoms with E-state index in [1.807, 2.05) is 60.9 Å². The molecule has 0 radical (unpaired) electrons. The van der Waals surface area contributed by atoms with Gasteiger partial charge in [0.05, 0.1) is 22.6 Å². The summed E-state index contributed by atoms with van der Waals surface area (Å²) in [7, 11) is 1.97. The third-order valence-corrected chi connectivity index (χ3v) is 5.92. The quantitative estimate of drug-likeness (QED) is 0.351. The number of nitrogens with one attached hydrogen (secondary N) is 1. The van der Waals surface area contributed by atoms with E-state index in [4.69, 9.17) is 16.6 Å². The summed E-state index contributed by atoms with van der Waals surface area (Å²) >= 11 is 6.28. The third-order valence-electron chi connectivity index (χ3n) is 5.69. The van der Waals surface area contributed by atoms with Crippen LogP contribution in [0.3, 0.4) is 0 Å². The number of fused-ring (bicyclic) bond motifs is 4. The summed E-state index contributed by atoms with van der Waals surface area (Å²) < 4.78 is 37.2. The molecule has 0 unspecified atom stereocenters. The Hall–Kier alpha value is -3.58. The lowest BCUT2D eigenvalue weighted by molar-refractivity contribution is -0.173. The molecule has 33 heavy (non-hydrogen) atoms. The number of anilines is 2. The normalized spacial score (nSPS) is 13.1. The van der Waals surface area contributed by atoms with Crippen LogP contribution in [0.25, 0.3) is 39.0 Å². The van der Waals surface area contributed by atoms with Crippen LogP contribution < -0.4 is 10.2 Å². The molecule has 5 rings (SSSR count). The first-order valence-electron chi connectivity index (χ1n) is 10.2. The van der Waals surface area contributed by atoms with Crippen molar-refractivity contribution in [2.45, 2.75) is 6.18 Å². The van der Waals surface area contributed by atoms with Gasteiger partial charge in [0.15, 0.2) is 0 Å². The Morgan fingerprint density at radius 3 is 2.67 bits per heavy atom. The second-order valence-corrected chi connectivity index (χ2v) is 8.21. The molecule has 0 saturated carbocycles. The zero-order valence-corrected chi connectivity index (χ0v) is 18.1. The van der Waals surface area contributed by atoms with E-state index in [-0.39, 0.29) is 6.54 Å². The highest BCUT2D eigenvalue weighted by molar-refractivity contribution is 6.32. The Kier molecular flexibility index (Phi) is 5.01. The highest BCUT2D eigenvalue weighted by Crippen LogP contribution is 2.48. The molecule has 0 aliphatic carbocycles. The number of carbonyl (C=O) groups is 1. The van der Waals surface area contributed by atoms with E-state index in [1.165, 1.54) is 6.08 Å². The maximum absolute atomic E-state index is 12.4. The number of nitrogens with zero attached hydrogens (tertiary/aromatic N) is 2. The molecule has 1 N–H and O–H groups in total. The van der Waals surface area contributed by atoms with Gasteiger partial charge in [0.25, 0.3) is 0 Å². The minimum atomic E-state index is -4.90. The molecule has 0 spiro atoms. The number of rotatable bonds is 3. The second-order valence-electron chi connectivity index (χ2n) is 7.77. The molecule has 0 bridgehead atoms. The van der Waals surface area contributed by atoms with E-state index in [2.05, 4.69) is 4.90 Å². The van der Waals surface area contributed by atoms with Crippen LogP contribution in [0.5, 0.6) is 0 Å². The fourth-order valence-electron chi connectivity index (χ4n) is 4.21. The summed E-state index contributed by atoms with van der Waals surface area (Å²) in [5, 5.41) is 5.24. The topological polar surface area (TPSA) is 45.2 Å². The lowest BCUT2D eigenvalue weighted by Crippen LogP contribution is -2.36. The molecule has 0 fully saturated rings. The van der Waals surface area contributed by atoms with Crippen molar-refractivity contribution < 1.29 is 18.0 Å². The number of aromatic nitrogens is 1. The Labute approximate surface area is 192 Å². The number of halogens is 4. The molecule has 8 heteroatoms. The number of carbonyl (C=O) groups excluding carboxylic acids is 1. The number of alkyl halides is 3. The molecule has 2 heterocycles. The maximum Gasteiger partial charge on any atom is 0.471 e. The maximum atomic E-state index is 12.4. The SMILES string of the molecule is CN1c2ccccc2-c2nc3ccc(Cl)cc3c3cc(C=CCNC(=O)C(F)(F)F)cc1c23. The van der Waals surface area contributed by atoms with E-state index in [9.17, 15) is 18.0 Å². The second kappa shape index (κ2) is 7.78. The predicted octanol–water partition coefficient (Wildman–Crippen LogP) is 6.48. The molecular formula is C25H17ClF3N3O. The number of pyridine rings is 1. The molecule has 4 aromatic rings. The van der Waals surface area contributed by atoms with Crippen molar-refractivity contribution in [3.05, 3.63) is 71.3 Å². The standard InChI is InChI=1S/C25H17ClF3N3O/c1-32-20-7-3-2-6-16(20)23-22-18(17-13-15(26)8-9-19(17)31-23)11-14(12-21(22)32)5-4-10-30-24(33)25(27,28)29/h2-9,11-13H,10H2,1H3,(H,30,33). The third kappa shape index (κ3) is 3.68. The van der Waals surface area contributed by atoms with Crippen molar-refractivity contribution in [1.82, 2.24) is 10.3 Å². The summed E-state index contributed by atoms with van der Waals surface area (Å²) in [5.41, 5.74) is 5.40. The van der Waals surface area contributed by atoms with Gasteiger partial charge in [-0.15, -0.1) is 0 Å². The lowest BCUT2D eigenvalue weighted by atomic mass is 9.92. The first kappa shape index (κ1) is 21.3. The molecule has 0 atom stereocenters. The number of para-hydroxylation sites is 1. The largest absolute Gasteiger partial charge is 0.471 e. The molecular weight excluding hydrogens is 451 g/mol. The van der Waals surface area contributed by atoms with Gasteiger partial charge in [-0.2, -0.15) is 13.2 Å². The summed E-state index contributed by atoms with van der Waals surface area (Å²) in [5.74, 6) is -1.96. The first-order chi connectivity index (χ1) is 15.7. The van der Waals surface area contributed by atoms with Gasteiger partial charge in [0.1, 0.15) is 0 Å². The molecule has 166 valence electrons. The molecule has 1 aliphatic heterocycles. The fourth-order valence-corrected chi connectivity index (χ4v) is 4.38. The van der Waals surface area contributed by atoms with Gasteiger partial charge in [-0.05, 0) is 47.3 Å². The zero-order chi connectivity index (χ0) is 23.3. The summed E-state index contributed by atoms with van der Waals surface area (Å²) in [6.45, 7) is -0.238.